The predicted octanol–water partition coefficient (Wildman–Crippen LogP) is 2.67. The van der Waals surface area contributed by atoms with Crippen LogP contribution in [0, 0.1) is 0 Å². The smallest absolute Gasteiger partial charge is 0.343 e. The molecule has 1 aromatic carbocycles. The average molecular weight is 387 g/mol. The number of hydrogen-bond donors (Lipinski definition) is 0. The zero-order chi connectivity index (χ0) is 20.1. The molecule has 0 spiro atoms. The van der Waals surface area contributed by atoms with E-state index in [9.17, 15) is 9.59 Å². The Hall–Kier alpha value is -2.80. The van der Waals surface area contributed by atoms with Gasteiger partial charge >= 0.3 is 5.97 Å². The molecule has 0 radical (unpaired) electrons. The van der Waals surface area contributed by atoms with Crippen LogP contribution >= 0.6 is 0 Å². The van der Waals surface area contributed by atoms with Gasteiger partial charge in [0.2, 0.25) is 0 Å². The van der Waals surface area contributed by atoms with Crippen molar-refractivity contribution in [1.29, 1.82) is 0 Å². The normalized spacial score (nSPS) is 12.1. The van der Waals surface area contributed by atoms with Crippen LogP contribution in [0.2, 0.25) is 0 Å². The Kier molecular flexibility index (Phi) is 6.36. The highest BCUT2D eigenvalue weighted by Gasteiger charge is 2.22. The molecule has 0 N–H and O–H groups in total. The largest absolute Gasteiger partial charge is 0.493 e. The molecular formula is C21H25NO6. The first kappa shape index (κ1) is 19.9. The fourth-order valence-electron chi connectivity index (χ4n) is 3.30. The van der Waals surface area contributed by atoms with E-state index in [0.717, 1.165) is 29.7 Å². The number of esters is 1. The standard InChI is InChI=1S/C21H25NO6/c1-4-27-21(24)16-13-22-7-6-14-10-20(28-9-5-8-25-2)19(26-3)11-15(14)17(22)12-18(16)23/h10-13H,4-9H2,1-3H3. The third-order valence-electron chi connectivity index (χ3n) is 4.66. The summed E-state index contributed by atoms with van der Waals surface area (Å²) in [6.07, 6.45) is 3.12. The molecule has 0 amide bonds. The minimum atomic E-state index is -0.592. The fourth-order valence-corrected chi connectivity index (χ4v) is 3.30. The SMILES string of the molecule is CCOC(=O)c1cn2c(cc1=O)-c1cc(OC)c(OCCCOC)cc1CC2. The molecule has 1 aliphatic rings. The van der Waals surface area contributed by atoms with Crippen LogP contribution in [-0.2, 0) is 22.4 Å². The van der Waals surface area contributed by atoms with Crippen LogP contribution in [0.25, 0.3) is 11.3 Å². The first-order chi connectivity index (χ1) is 13.6. The summed E-state index contributed by atoms with van der Waals surface area (Å²) in [5, 5.41) is 0. The van der Waals surface area contributed by atoms with Crippen molar-refractivity contribution >= 4 is 5.97 Å². The van der Waals surface area contributed by atoms with Crippen molar-refractivity contribution in [2.75, 3.05) is 34.0 Å². The number of aryl methyl sites for hydroxylation is 2. The Balaban J connectivity index is 1.96. The average Bonchev–Trinajstić information content (AvgIpc) is 2.70. The molecule has 2 heterocycles. The maximum Gasteiger partial charge on any atom is 0.343 e. The number of rotatable bonds is 8. The van der Waals surface area contributed by atoms with Crippen LogP contribution in [0.15, 0.2) is 29.2 Å². The van der Waals surface area contributed by atoms with E-state index in [1.54, 1.807) is 27.3 Å². The summed E-state index contributed by atoms with van der Waals surface area (Å²) >= 11 is 0. The summed E-state index contributed by atoms with van der Waals surface area (Å²) in [5.74, 6) is 0.689. The molecule has 0 unspecified atom stereocenters. The molecule has 1 aliphatic heterocycles. The quantitative estimate of drug-likeness (QED) is 0.512. The van der Waals surface area contributed by atoms with Gasteiger partial charge in [0.1, 0.15) is 5.56 Å². The van der Waals surface area contributed by atoms with Gasteiger partial charge in [0, 0.05) is 44.5 Å². The second-order valence-corrected chi connectivity index (χ2v) is 6.46. The van der Waals surface area contributed by atoms with Crippen molar-refractivity contribution in [2.45, 2.75) is 26.3 Å². The summed E-state index contributed by atoms with van der Waals surface area (Å²) in [4.78, 5) is 24.5. The molecule has 150 valence electrons. The molecule has 3 rings (SSSR count). The van der Waals surface area contributed by atoms with Gasteiger partial charge in [0.15, 0.2) is 16.9 Å². The molecule has 7 heteroatoms. The number of nitrogens with zero attached hydrogens (tertiary/aromatic N) is 1. The number of ether oxygens (including phenoxy) is 4. The molecule has 28 heavy (non-hydrogen) atoms. The van der Waals surface area contributed by atoms with Gasteiger partial charge < -0.3 is 23.5 Å². The van der Waals surface area contributed by atoms with Gasteiger partial charge in [0.25, 0.3) is 0 Å². The second-order valence-electron chi connectivity index (χ2n) is 6.46. The maximum atomic E-state index is 12.5. The number of benzene rings is 1. The lowest BCUT2D eigenvalue weighted by Gasteiger charge is -2.24. The molecule has 0 saturated carbocycles. The summed E-state index contributed by atoms with van der Waals surface area (Å²) in [6.45, 7) is 3.76. The van der Waals surface area contributed by atoms with E-state index in [0.29, 0.717) is 31.3 Å². The fraction of sp³-hybridized carbons (Fsp3) is 0.429. The number of carbonyl (C=O) groups is 1. The molecular weight excluding hydrogens is 362 g/mol. The van der Waals surface area contributed by atoms with Crippen molar-refractivity contribution in [3.8, 4) is 22.8 Å². The van der Waals surface area contributed by atoms with Crippen molar-refractivity contribution in [1.82, 2.24) is 4.57 Å². The number of carbonyl (C=O) groups excluding carboxylic acids is 1. The predicted molar refractivity (Wildman–Crippen MR) is 104 cm³/mol. The highest BCUT2D eigenvalue weighted by Crippen LogP contribution is 2.38. The summed E-state index contributed by atoms with van der Waals surface area (Å²) in [7, 11) is 3.25. The lowest BCUT2D eigenvalue weighted by molar-refractivity contribution is 0.0524. The minimum absolute atomic E-state index is 0.0547. The monoisotopic (exact) mass is 387 g/mol. The molecule has 7 nitrogen and oxygen atoms in total. The Bertz CT molecular complexity index is 918. The third kappa shape index (κ3) is 4.04. The first-order valence-electron chi connectivity index (χ1n) is 9.33. The number of pyridine rings is 1. The van der Waals surface area contributed by atoms with Gasteiger partial charge in [-0.15, -0.1) is 0 Å². The third-order valence-corrected chi connectivity index (χ3v) is 4.66. The Morgan fingerprint density at radius 2 is 1.96 bits per heavy atom. The lowest BCUT2D eigenvalue weighted by Crippen LogP contribution is -2.23. The molecule has 0 fully saturated rings. The highest BCUT2D eigenvalue weighted by molar-refractivity contribution is 5.89. The van der Waals surface area contributed by atoms with Gasteiger partial charge in [-0.2, -0.15) is 0 Å². The van der Waals surface area contributed by atoms with Gasteiger partial charge in [-0.3, -0.25) is 4.79 Å². The minimum Gasteiger partial charge on any atom is -0.493 e. The van der Waals surface area contributed by atoms with Crippen molar-refractivity contribution in [3.05, 3.63) is 45.7 Å². The van der Waals surface area contributed by atoms with E-state index in [1.165, 1.54) is 6.07 Å². The highest BCUT2D eigenvalue weighted by atomic mass is 16.5. The van der Waals surface area contributed by atoms with Crippen molar-refractivity contribution < 1.29 is 23.7 Å². The van der Waals surface area contributed by atoms with E-state index in [1.807, 2.05) is 16.7 Å². The Morgan fingerprint density at radius 1 is 1.14 bits per heavy atom. The summed E-state index contributed by atoms with van der Waals surface area (Å²) < 4.78 is 23.3. The van der Waals surface area contributed by atoms with Crippen molar-refractivity contribution in [2.24, 2.45) is 0 Å². The van der Waals surface area contributed by atoms with E-state index in [2.05, 4.69) is 0 Å². The molecule has 1 aromatic heterocycles. The van der Waals surface area contributed by atoms with Crippen LogP contribution in [0.4, 0.5) is 0 Å². The van der Waals surface area contributed by atoms with E-state index >= 15 is 0 Å². The summed E-state index contributed by atoms with van der Waals surface area (Å²) in [6, 6.07) is 5.34. The lowest BCUT2D eigenvalue weighted by atomic mass is 9.96. The van der Waals surface area contributed by atoms with Crippen LogP contribution in [-0.4, -0.2) is 44.6 Å². The van der Waals surface area contributed by atoms with Crippen LogP contribution in [0.5, 0.6) is 11.5 Å². The maximum absolute atomic E-state index is 12.5. The van der Waals surface area contributed by atoms with Gasteiger partial charge in [-0.1, -0.05) is 0 Å². The molecule has 2 aromatic rings. The van der Waals surface area contributed by atoms with Crippen LogP contribution in [0.1, 0.15) is 29.3 Å². The van der Waals surface area contributed by atoms with E-state index in [-0.39, 0.29) is 17.6 Å². The number of methoxy groups -OCH3 is 2. The van der Waals surface area contributed by atoms with Crippen molar-refractivity contribution in [3.63, 3.8) is 0 Å². The molecule has 0 saturated heterocycles. The van der Waals surface area contributed by atoms with Gasteiger partial charge in [-0.25, -0.2) is 4.79 Å². The molecule has 0 atom stereocenters. The molecule has 0 bridgehead atoms. The topological polar surface area (TPSA) is 76.0 Å². The van der Waals surface area contributed by atoms with Crippen LogP contribution in [0.3, 0.4) is 0 Å². The summed E-state index contributed by atoms with van der Waals surface area (Å²) in [5.41, 5.74) is 2.43. The number of hydrogen-bond acceptors (Lipinski definition) is 6. The zero-order valence-electron chi connectivity index (χ0n) is 16.4. The second kappa shape index (κ2) is 8.93. The van der Waals surface area contributed by atoms with Crippen LogP contribution < -0.4 is 14.9 Å². The number of fused-ring (bicyclic) bond motifs is 3. The first-order valence-corrected chi connectivity index (χ1v) is 9.33. The Labute approximate surface area is 163 Å². The Morgan fingerprint density at radius 3 is 2.68 bits per heavy atom. The van der Waals surface area contributed by atoms with E-state index < -0.39 is 5.97 Å². The van der Waals surface area contributed by atoms with Gasteiger partial charge in [0.05, 0.1) is 26.0 Å². The molecule has 0 aliphatic carbocycles. The van der Waals surface area contributed by atoms with Gasteiger partial charge in [-0.05, 0) is 31.0 Å². The zero-order valence-corrected chi connectivity index (χ0v) is 16.4. The number of aromatic nitrogens is 1. The van der Waals surface area contributed by atoms with E-state index in [4.69, 9.17) is 18.9 Å².